The predicted octanol–water partition coefficient (Wildman–Crippen LogP) is 2.05. The molecule has 17 heteroatoms. The van der Waals surface area contributed by atoms with E-state index in [2.05, 4.69) is 31.1 Å². The first-order valence-corrected chi connectivity index (χ1v) is 15.9. The molecule has 6 rings (SSSR count). The second-order valence-corrected chi connectivity index (χ2v) is 12.6. The van der Waals surface area contributed by atoms with Crippen molar-refractivity contribution < 1.29 is 24.3 Å². The number of hydrogen-bond donors (Lipinski definition) is 4. The van der Waals surface area contributed by atoms with Crippen LogP contribution in [0.15, 0.2) is 69.8 Å². The third-order valence-corrected chi connectivity index (χ3v) is 9.66. The summed E-state index contributed by atoms with van der Waals surface area (Å²) in [7, 11) is 0. The van der Waals surface area contributed by atoms with Gasteiger partial charge in [0, 0.05) is 17.2 Å². The number of aliphatic carboxylic acids is 1. The molecule has 0 aliphatic carbocycles. The zero-order chi connectivity index (χ0) is 31.8. The number of carboxylic acids is 1. The Labute approximate surface area is 263 Å². The van der Waals surface area contributed by atoms with E-state index in [1.807, 2.05) is 13.8 Å². The van der Waals surface area contributed by atoms with E-state index in [1.165, 1.54) is 28.4 Å². The largest absolute Gasteiger partial charge is 0.477 e. The summed E-state index contributed by atoms with van der Waals surface area (Å²) in [6.45, 7) is 3.86. The Morgan fingerprint density at radius 2 is 1.89 bits per heavy atom. The first-order chi connectivity index (χ1) is 21.6. The maximum Gasteiger partial charge on any atom is 0.352 e. The van der Waals surface area contributed by atoms with E-state index in [0.29, 0.717) is 38.8 Å². The number of nitrogens with zero attached hydrogens (tertiary/aromatic N) is 6. The number of H-pyrrole nitrogens is 1. The van der Waals surface area contributed by atoms with Gasteiger partial charge in [-0.2, -0.15) is 0 Å². The lowest BCUT2D eigenvalue weighted by molar-refractivity contribution is -0.150. The number of thioether (sulfide) groups is 2. The summed E-state index contributed by atoms with van der Waals surface area (Å²) in [4.78, 5) is 67.9. The van der Waals surface area contributed by atoms with Crippen molar-refractivity contribution in [3.8, 4) is 0 Å². The van der Waals surface area contributed by atoms with E-state index in [-0.39, 0.29) is 23.9 Å². The Hall–Kier alpha value is -4.90. The van der Waals surface area contributed by atoms with Crippen LogP contribution in [0, 0.1) is 0 Å². The highest BCUT2D eigenvalue weighted by Gasteiger charge is 2.54. The summed E-state index contributed by atoms with van der Waals surface area (Å²) < 4.78 is 2.61. The zero-order valence-electron chi connectivity index (χ0n) is 24.0. The summed E-state index contributed by atoms with van der Waals surface area (Å²) in [5.41, 5.74) is 1.56. The highest BCUT2D eigenvalue weighted by molar-refractivity contribution is 8.01. The van der Waals surface area contributed by atoms with Crippen LogP contribution in [-0.2, 0) is 20.8 Å². The van der Waals surface area contributed by atoms with Gasteiger partial charge in [0.2, 0.25) is 11.1 Å². The molecule has 4 aromatic rings. The first kappa shape index (κ1) is 30.1. The smallest absolute Gasteiger partial charge is 0.352 e. The van der Waals surface area contributed by atoms with Crippen molar-refractivity contribution in [2.24, 2.45) is 0 Å². The van der Waals surface area contributed by atoms with Gasteiger partial charge in [-0.3, -0.25) is 14.5 Å². The van der Waals surface area contributed by atoms with E-state index < -0.39 is 40.9 Å². The number of rotatable bonds is 9. The van der Waals surface area contributed by atoms with Crippen LogP contribution in [0.2, 0.25) is 0 Å². The van der Waals surface area contributed by atoms with Crippen LogP contribution < -0.4 is 16.3 Å². The highest BCUT2D eigenvalue weighted by atomic mass is 32.2. The number of tetrazole rings is 1. The van der Waals surface area contributed by atoms with Gasteiger partial charge in [-0.1, -0.05) is 42.1 Å². The van der Waals surface area contributed by atoms with Gasteiger partial charge >= 0.3 is 17.7 Å². The molecule has 232 valence electrons. The molecule has 4 N–H and O–H groups in total. The van der Waals surface area contributed by atoms with Crippen molar-refractivity contribution in [1.29, 1.82) is 0 Å². The summed E-state index contributed by atoms with van der Waals surface area (Å²) in [6.07, 6.45) is -0.172. The number of fused-ring (bicyclic) bond motifs is 2. The van der Waals surface area contributed by atoms with Gasteiger partial charge in [0.05, 0.1) is 23.5 Å². The van der Waals surface area contributed by atoms with E-state index in [4.69, 9.17) is 0 Å². The van der Waals surface area contributed by atoms with E-state index >= 15 is 0 Å². The number of carbonyl (C=O) groups excluding carboxylic acids is 3. The number of imidazole rings is 1. The minimum atomic E-state index is -1.23. The van der Waals surface area contributed by atoms with Crippen molar-refractivity contribution in [3.05, 3.63) is 75.8 Å². The molecular formula is C28H27N9O6S2. The van der Waals surface area contributed by atoms with Crippen LogP contribution in [0.3, 0.4) is 0 Å². The molecule has 1 saturated heterocycles. The lowest BCUT2D eigenvalue weighted by Gasteiger charge is -2.49. The van der Waals surface area contributed by atoms with Crippen LogP contribution in [0.5, 0.6) is 0 Å². The number of nitrogens with one attached hydrogen (secondary N) is 3. The number of anilines is 1. The minimum absolute atomic E-state index is 0.0224. The first-order valence-electron chi connectivity index (χ1n) is 13.8. The van der Waals surface area contributed by atoms with Gasteiger partial charge in [-0.25, -0.2) is 23.6 Å². The lowest BCUT2D eigenvalue weighted by atomic mass is 10.0. The fourth-order valence-corrected chi connectivity index (χ4v) is 7.66. The van der Waals surface area contributed by atoms with Gasteiger partial charge < -0.3 is 20.7 Å². The number of benzene rings is 2. The van der Waals surface area contributed by atoms with Gasteiger partial charge in [0.15, 0.2) is 0 Å². The molecule has 4 heterocycles. The van der Waals surface area contributed by atoms with Gasteiger partial charge in [0.25, 0.3) is 5.91 Å². The van der Waals surface area contributed by atoms with Crippen LogP contribution in [-0.4, -0.2) is 86.5 Å². The molecule has 0 saturated carbocycles. The van der Waals surface area contributed by atoms with Crippen molar-refractivity contribution >= 4 is 64.1 Å². The molecule has 2 aliphatic heterocycles. The fourth-order valence-electron chi connectivity index (χ4n) is 5.17. The lowest BCUT2D eigenvalue weighted by Crippen LogP contribution is -2.70. The molecule has 0 radical (unpaired) electrons. The SMILES string of the molecule is CC(C)n1nnnc1SCC1=C(C(=O)O)N2C(=O)C(NC(=O)Cc3ccccc3NC(=O)n3c(=O)[nH]c4ccccc43)[C@H]2SC1. The number of aromatic amines is 1. The number of carbonyl (C=O) groups is 4. The number of amides is 3. The molecule has 2 aliphatic rings. The third-order valence-electron chi connectivity index (χ3n) is 7.30. The second-order valence-electron chi connectivity index (χ2n) is 10.5. The normalized spacial score (nSPS) is 17.8. The number of para-hydroxylation sites is 3. The van der Waals surface area contributed by atoms with E-state index in [0.717, 1.165) is 4.57 Å². The van der Waals surface area contributed by atoms with Gasteiger partial charge in [-0.05, 0) is 53.6 Å². The molecular weight excluding hydrogens is 622 g/mol. The number of carboxylic acid groups (broad SMARTS) is 1. The van der Waals surface area contributed by atoms with Crippen LogP contribution in [0.25, 0.3) is 11.0 Å². The molecule has 0 spiro atoms. The van der Waals surface area contributed by atoms with Gasteiger partial charge in [-0.15, -0.1) is 16.9 Å². The summed E-state index contributed by atoms with van der Waals surface area (Å²) in [6, 6.07) is 11.8. The Kier molecular flexibility index (Phi) is 8.20. The number of aromatic nitrogens is 6. The third kappa shape index (κ3) is 5.71. The number of β-lactam (4-membered cyclic amide) rings is 1. The fraction of sp³-hybridized carbons (Fsp3) is 0.286. The van der Waals surface area contributed by atoms with Crippen molar-refractivity contribution in [2.45, 2.75) is 42.9 Å². The Bertz CT molecular complexity index is 1930. The molecule has 1 unspecified atom stereocenters. The van der Waals surface area contributed by atoms with E-state index in [1.54, 1.807) is 53.2 Å². The van der Waals surface area contributed by atoms with Crippen LogP contribution in [0.4, 0.5) is 10.5 Å². The van der Waals surface area contributed by atoms with Crippen molar-refractivity contribution in [1.82, 2.24) is 40.0 Å². The standard InChI is InChI=1S/C28H27N9O6S2/c1-14(2)37-28(32-33-34-37)45-13-16-12-44-24-21(23(39)36(24)22(16)25(40)41)31-20(38)11-15-7-3-4-8-17(15)29-26(42)35-19-10-6-5-9-18(19)30-27(35)43/h3-10,14,21,24H,11-13H2,1-2H3,(H,29,42)(H,30,43)(H,31,38)(H,40,41)/t21?,24-/m1/s1. The van der Waals surface area contributed by atoms with Crippen LogP contribution >= 0.6 is 23.5 Å². The minimum Gasteiger partial charge on any atom is -0.477 e. The second kappa shape index (κ2) is 12.2. The van der Waals surface area contributed by atoms with Crippen molar-refractivity contribution in [2.75, 3.05) is 16.8 Å². The highest BCUT2D eigenvalue weighted by Crippen LogP contribution is 2.41. The number of hydrogen-bond acceptors (Lipinski definition) is 10. The summed E-state index contributed by atoms with van der Waals surface area (Å²) in [5.74, 6) is -1.60. The Morgan fingerprint density at radius 1 is 1.13 bits per heavy atom. The maximum absolute atomic E-state index is 13.2. The summed E-state index contributed by atoms with van der Waals surface area (Å²) in [5, 5.41) is 27.0. The molecule has 45 heavy (non-hydrogen) atoms. The quantitative estimate of drug-likeness (QED) is 0.153. The molecule has 3 amide bonds. The molecule has 0 bridgehead atoms. The monoisotopic (exact) mass is 649 g/mol. The predicted molar refractivity (Wildman–Crippen MR) is 166 cm³/mol. The Morgan fingerprint density at radius 3 is 2.67 bits per heavy atom. The zero-order valence-corrected chi connectivity index (χ0v) is 25.6. The van der Waals surface area contributed by atoms with E-state index in [9.17, 15) is 29.1 Å². The summed E-state index contributed by atoms with van der Waals surface area (Å²) >= 11 is 2.66. The van der Waals surface area contributed by atoms with Crippen molar-refractivity contribution in [3.63, 3.8) is 0 Å². The Balaban J connectivity index is 1.12. The molecule has 15 nitrogen and oxygen atoms in total. The molecule has 2 aromatic heterocycles. The van der Waals surface area contributed by atoms with Gasteiger partial charge in [0.1, 0.15) is 17.1 Å². The molecule has 1 fully saturated rings. The average Bonchev–Trinajstić information content (AvgIpc) is 3.63. The maximum atomic E-state index is 13.2. The molecule has 2 atom stereocenters. The van der Waals surface area contributed by atoms with Crippen LogP contribution in [0.1, 0.15) is 25.5 Å². The average molecular weight is 650 g/mol. The molecule has 2 aromatic carbocycles. The topological polar surface area (TPSA) is 197 Å².